The summed E-state index contributed by atoms with van der Waals surface area (Å²) in [6, 6.07) is 6.28. The second-order valence-corrected chi connectivity index (χ2v) is 7.56. The lowest BCUT2D eigenvalue weighted by Gasteiger charge is -2.09. The van der Waals surface area contributed by atoms with Gasteiger partial charge in [-0.2, -0.15) is 0 Å². The van der Waals surface area contributed by atoms with Crippen molar-refractivity contribution in [3.8, 4) is 0 Å². The van der Waals surface area contributed by atoms with Gasteiger partial charge >= 0.3 is 5.97 Å². The van der Waals surface area contributed by atoms with E-state index >= 15 is 0 Å². The molecule has 2 heterocycles. The first-order valence-electron chi connectivity index (χ1n) is 6.05. The molecule has 6 nitrogen and oxygen atoms in total. The lowest BCUT2D eigenvalue weighted by atomic mass is 10.3. The van der Waals surface area contributed by atoms with Crippen molar-refractivity contribution in [2.45, 2.75) is 24.5 Å². The average molecular weight is 326 g/mol. The fourth-order valence-corrected chi connectivity index (χ4v) is 4.20. The summed E-state index contributed by atoms with van der Waals surface area (Å²) in [4.78, 5) is 15.3. The van der Waals surface area contributed by atoms with Gasteiger partial charge in [-0.1, -0.05) is 0 Å². The molecule has 0 unspecified atom stereocenters. The molecule has 0 aromatic carbocycles. The van der Waals surface area contributed by atoms with Crippen LogP contribution in [0.15, 0.2) is 28.5 Å². The van der Waals surface area contributed by atoms with Crippen LogP contribution >= 0.6 is 11.3 Å². The van der Waals surface area contributed by atoms with Crippen molar-refractivity contribution in [3.05, 3.63) is 40.5 Å². The van der Waals surface area contributed by atoms with Gasteiger partial charge < -0.3 is 5.11 Å². The molecule has 0 saturated heterocycles. The third kappa shape index (κ3) is 3.79. The van der Waals surface area contributed by atoms with Gasteiger partial charge in [0.25, 0.3) is 10.0 Å². The maximum Gasteiger partial charge on any atom is 0.308 e. The molecule has 0 fully saturated rings. The van der Waals surface area contributed by atoms with E-state index in [4.69, 9.17) is 5.11 Å². The molecule has 112 valence electrons. The molecule has 0 saturated carbocycles. The topological polar surface area (TPSA) is 96.4 Å². The minimum absolute atomic E-state index is 0.0822. The number of hydrogen-bond donors (Lipinski definition) is 2. The van der Waals surface area contributed by atoms with Crippen LogP contribution in [0.2, 0.25) is 0 Å². The fraction of sp³-hybridized carbons (Fsp3) is 0.231. The number of aryl methyl sites for hydroxylation is 2. The first-order valence-corrected chi connectivity index (χ1v) is 8.35. The van der Waals surface area contributed by atoms with Gasteiger partial charge in [0.2, 0.25) is 0 Å². The molecular weight excluding hydrogens is 312 g/mol. The molecule has 0 aliphatic rings. The molecule has 2 N–H and O–H groups in total. The van der Waals surface area contributed by atoms with Crippen molar-refractivity contribution in [1.29, 1.82) is 0 Å². The summed E-state index contributed by atoms with van der Waals surface area (Å²) in [7, 11) is -3.73. The highest BCUT2D eigenvalue weighted by Gasteiger charge is 2.19. The van der Waals surface area contributed by atoms with Crippen molar-refractivity contribution >= 4 is 33.0 Å². The standard InChI is InChI=1S/C13H14N2O4S2/c1-8-3-5-11(9(2)14-8)15-21(18,19)13-6-4-10(20-13)7-12(16)17/h3-6,15H,7H2,1-2H3,(H,16,17). The number of nitrogens with zero attached hydrogens (tertiary/aromatic N) is 1. The van der Waals surface area contributed by atoms with Crippen molar-refractivity contribution in [3.63, 3.8) is 0 Å². The van der Waals surface area contributed by atoms with Gasteiger partial charge in [-0.15, -0.1) is 11.3 Å². The number of carboxylic acid groups (broad SMARTS) is 1. The van der Waals surface area contributed by atoms with E-state index < -0.39 is 16.0 Å². The van der Waals surface area contributed by atoms with Crippen molar-refractivity contribution < 1.29 is 18.3 Å². The summed E-state index contributed by atoms with van der Waals surface area (Å²) in [5.74, 6) is -0.993. The molecule has 0 atom stereocenters. The van der Waals surface area contributed by atoms with E-state index in [1.54, 1.807) is 19.1 Å². The Balaban J connectivity index is 2.25. The SMILES string of the molecule is Cc1ccc(NS(=O)(=O)c2ccc(CC(=O)O)s2)c(C)n1. The summed E-state index contributed by atoms with van der Waals surface area (Å²) in [5.41, 5.74) is 1.80. The maximum absolute atomic E-state index is 12.3. The van der Waals surface area contributed by atoms with Crippen LogP contribution in [0, 0.1) is 13.8 Å². The van der Waals surface area contributed by atoms with Crippen LogP contribution in [0.3, 0.4) is 0 Å². The second-order valence-electron chi connectivity index (χ2n) is 4.48. The molecule has 0 bridgehead atoms. The summed E-state index contributed by atoms with van der Waals surface area (Å²) in [5, 5.41) is 8.71. The molecule has 0 aliphatic heterocycles. The number of anilines is 1. The molecule has 2 aromatic rings. The van der Waals surface area contributed by atoms with E-state index in [0.29, 0.717) is 16.3 Å². The largest absolute Gasteiger partial charge is 0.481 e. The number of nitrogens with one attached hydrogen (secondary N) is 1. The highest BCUT2D eigenvalue weighted by molar-refractivity contribution is 7.94. The Bertz CT molecular complexity index is 781. The molecule has 0 amide bonds. The van der Waals surface area contributed by atoms with Crippen LogP contribution < -0.4 is 4.72 Å². The normalized spacial score (nSPS) is 11.3. The molecular formula is C13H14N2O4S2. The lowest BCUT2D eigenvalue weighted by Crippen LogP contribution is -2.13. The number of sulfonamides is 1. The summed E-state index contributed by atoms with van der Waals surface area (Å²) in [6.07, 6.45) is -0.189. The van der Waals surface area contributed by atoms with E-state index in [-0.39, 0.29) is 10.6 Å². The van der Waals surface area contributed by atoms with Gasteiger partial charge in [0.15, 0.2) is 0 Å². The molecule has 0 aliphatic carbocycles. The number of carbonyl (C=O) groups is 1. The van der Waals surface area contributed by atoms with Gasteiger partial charge in [-0.25, -0.2) is 8.42 Å². The van der Waals surface area contributed by atoms with Crippen LogP contribution in [0.5, 0.6) is 0 Å². The van der Waals surface area contributed by atoms with E-state index in [2.05, 4.69) is 9.71 Å². The Labute approximate surface area is 126 Å². The third-order valence-corrected chi connectivity index (χ3v) is 5.64. The van der Waals surface area contributed by atoms with Crippen LogP contribution in [-0.2, 0) is 21.2 Å². The molecule has 0 radical (unpaired) electrons. The zero-order valence-electron chi connectivity index (χ0n) is 11.5. The molecule has 2 rings (SSSR count). The molecule has 2 aromatic heterocycles. The third-order valence-electron chi connectivity index (χ3n) is 2.70. The average Bonchev–Trinajstić information content (AvgIpc) is 2.81. The zero-order valence-corrected chi connectivity index (χ0v) is 13.1. The van der Waals surface area contributed by atoms with Gasteiger partial charge in [0.1, 0.15) is 4.21 Å². The summed E-state index contributed by atoms with van der Waals surface area (Å²) in [6.45, 7) is 3.54. The Morgan fingerprint density at radius 3 is 2.62 bits per heavy atom. The maximum atomic E-state index is 12.3. The number of aromatic nitrogens is 1. The van der Waals surface area contributed by atoms with Crippen LogP contribution in [0.4, 0.5) is 5.69 Å². The van der Waals surface area contributed by atoms with Crippen LogP contribution in [0.1, 0.15) is 16.3 Å². The molecule has 21 heavy (non-hydrogen) atoms. The predicted molar refractivity (Wildman–Crippen MR) is 80.2 cm³/mol. The summed E-state index contributed by atoms with van der Waals surface area (Å²) >= 11 is 0.945. The quantitative estimate of drug-likeness (QED) is 0.878. The van der Waals surface area contributed by atoms with Gasteiger partial charge in [-0.05, 0) is 38.1 Å². The van der Waals surface area contributed by atoms with E-state index in [1.165, 1.54) is 12.1 Å². The van der Waals surface area contributed by atoms with Crippen molar-refractivity contribution in [1.82, 2.24) is 4.98 Å². The number of thiophene rings is 1. The van der Waals surface area contributed by atoms with E-state index in [1.807, 2.05) is 6.92 Å². The van der Waals surface area contributed by atoms with Crippen LogP contribution in [0.25, 0.3) is 0 Å². The Hall–Kier alpha value is -1.93. The molecule has 0 spiro atoms. The number of carboxylic acids is 1. The highest BCUT2D eigenvalue weighted by Crippen LogP contribution is 2.25. The number of hydrogen-bond acceptors (Lipinski definition) is 5. The Morgan fingerprint density at radius 2 is 2.00 bits per heavy atom. The zero-order chi connectivity index (χ0) is 15.6. The highest BCUT2D eigenvalue weighted by atomic mass is 32.2. The first-order chi connectivity index (χ1) is 9.78. The van der Waals surface area contributed by atoms with Crippen molar-refractivity contribution in [2.75, 3.05) is 4.72 Å². The van der Waals surface area contributed by atoms with Gasteiger partial charge in [0.05, 0.1) is 17.8 Å². The fourth-order valence-electron chi connectivity index (χ4n) is 1.74. The second kappa shape index (κ2) is 5.82. The monoisotopic (exact) mass is 326 g/mol. The van der Waals surface area contributed by atoms with Gasteiger partial charge in [-0.3, -0.25) is 14.5 Å². The predicted octanol–water partition coefficient (Wildman–Crippen LogP) is 2.19. The molecule has 8 heteroatoms. The number of aliphatic carboxylic acids is 1. The van der Waals surface area contributed by atoms with Crippen molar-refractivity contribution in [2.24, 2.45) is 0 Å². The van der Waals surface area contributed by atoms with Crippen LogP contribution in [-0.4, -0.2) is 24.5 Å². The summed E-state index contributed by atoms with van der Waals surface area (Å²) < 4.78 is 27.1. The van der Waals surface area contributed by atoms with Gasteiger partial charge in [0, 0.05) is 10.6 Å². The Kier molecular flexibility index (Phi) is 4.29. The smallest absolute Gasteiger partial charge is 0.308 e. The first kappa shape index (κ1) is 15.5. The van der Waals surface area contributed by atoms with E-state index in [0.717, 1.165) is 17.0 Å². The number of rotatable bonds is 5. The Morgan fingerprint density at radius 1 is 1.29 bits per heavy atom. The lowest BCUT2D eigenvalue weighted by molar-refractivity contribution is -0.136. The minimum atomic E-state index is -3.73. The minimum Gasteiger partial charge on any atom is -0.481 e. The van der Waals surface area contributed by atoms with E-state index in [9.17, 15) is 13.2 Å². The number of pyridine rings is 1.